The van der Waals surface area contributed by atoms with Crippen molar-refractivity contribution >= 4 is 5.91 Å². The molecule has 2 fully saturated rings. The highest BCUT2D eigenvalue weighted by molar-refractivity contribution is 5.76. The maximum absolute atomic E-state index is 11.6. The summed E-state index contributed by atoms with van der Waals surface area (Å²) >= 11 is 0. The fourth-order valence-electron chi connectivity index (χ4n) is 2.21. The van der Waals surface area contributed by atoms with Crippen LogP contribution in [0.2, 0.25) is 0 Å². The Bertz CT molecular complexity index is 187. The number of carbonyl (C=O) groups excluding carboxylic acids is 1. The van der Waals surface area contributed by atoms with Gasteiger partial charge in [0.05, 0.1) is 0 Å². The fourth-order valence-corrected chi connectivity index (χ4v) is 2.21. The molecular formula is C10H18N2O. The Hall–Kier alpha value is -0.570. The molecule has 13 heavy (non-hydrogen) atoms. The highest BCUT2D eigenvalue weighted by Crippen LogP contribution is 2.17. The van der Waals surface area contributed by atoms with Gasteiger partial charge in [-0.05, 0) is 25.7 Å². The minimum absolute atomic E-state index is 0.341. The van der Waals surface area contributed by atoms with Crippen molar-refractivity contribution in [2.45, 2.75) is 38.5 Å². The summed E-state index contributed by atoms with van der Waals surface area (Å²) < 4.78 is 0. The maximum atomic E-state index is 11.6. The number of carbonyl (C=O) groups is 1. The monoisotopic (exact) mass is 182 g/mol. The van der Waals surface area contributed by atoms with Crippen LogP contribution in [0.3, 0.4) is 0 Å². The van der Waals surface area contributed by atoms with Crippen LogP contribution in [0.25, 0.3) is 0 Å². The van der Waals surface area contributed by atoms with Crippen LogP contribution in [0.1, 0.15) is 38.5 Å². The smallest absolute Gasteiger partial charge is 0.236 e. The minimum Gasteiger partial charge on any atom is -0.275 e. The van der Waals surface area contributed by atoms with Gasteiger partial charge in [-0.1, -0.05) is 6.42 Å². The van der Waals surface area contributed by atoms with Gasteiger partial charge in [-0.25, -0.2) is 5.01 Å². The van der Waals surface area contributed by atoms with Crippen LogP contribution in [0, 0.1) is 0 Å². The third-order valence-corrected chi connectivity index (χ3v) is 2.97. The van der Waals surface area contributed by atoms with E-state index in [1.54, 1.807) is 0 Å². The number of hydrazine groups is 1. The lowest BCUT2D eigenvalue weighted by atomic mass is 10.1. The van der Waals surface area contributed by atoms with E-state index in [2.05, 4.69) is 5.01 Å². The van der Waals surface area contributed by atoms with E-state index in [1.165, 1.54) is 25.7 Å². The van der Waals surface area contributed by atoms with Crippen molar-refractivity contribution in [3.05, 3.63) is 0 Å². The molecule has 0 aromatic heterocycles. The zero-order chi connectivity index (χ0) is 9.10. The Morgan fingerprint density at radius 1 is 0.846 bits per heavy atom. The number of hydrogen-bond acceptors (Lipinski definition) is 2. The summed E-state index contributed by atoms with van der Waals surface area (Å²) in [7, 11) is 0. The van der Waals surface area contributed by atoms with Crippen molar-refractivity contribution in [1.29, 1.82) is 0 Å². The lowest BCUT2D eigenvalue weighted by Crippen LogP contribution is -2.50. The van der Waals surface area contributed by atoms with Crippen LogP contribution in [0.4, 0.5) is 0 Å². The van der Waals surface area contributed by atoms with Crippen molar-refractivity contribution in [2.24, 2.45) is 0 Å². The molecule has 0 aromatic rings. The van der Waals surface area contributed by atoms with E-state index in [1.807, 2.05) is 5.01 Å². The molecule has 1 amide bonds. The largest absolute Gasteiger partial charge is 0.275 e. The van der Waals surface area contributed by atoms with Crippen LogP contribution in [0.15, 0.2) is 0 Å². The third kappa shape index (κ3) is 2.02. The predicted molar refractivity (Wildman–Crippen MR) is 51.0 cm³/mol. The number of piperidine rings is 2. The van der Waals surface area contributed by atoms with E-state index in [0.717, 1.165) is 32.5 Å². The van der Waals surface area contributed by atoms with Crippen LogP contribution < -0.4 is 0 Å². The van der Waals surface area contributed by atoms with E-state index >= 15 is 0 Å². The second kappa shape index (κ2) is 4.09. The molecule has 74 valence electrons. The van der Waals surface area contributed by atoms with Crippen molar-refractivity contribution in [1.82, 2.24) is 10.0 Å². The SMILES string of the molecule is O=C1CCCCN1N1CCCCC1. The molecule has 2 aliphatic rings. The second-order valence-corrected chi connectivity index (χ2v) is 3.99. The number of hydrogen-bond donors (Lipinski definition) is 0. The lowest BCUT2D eigenvalue weighted by Gasteiger charge is -2.39. The fraction of sp³-hybridized carbons (Fsp3) is 0.900. The molecule has 0 saturated carbocycles. The molecular weight excluding hydrogens is 164 g/mol. The van der Waals surface area contributed by atoms with Crippen LogP contribution >= 0.6 is 0 Å². The Kier molecular flexibility index (Phi) is 2.83. The molecule has 0 N–H and O–H groups in total. The lowest BCUT2D eigenvalue weighted by molar-refractivity contribution is -0.154. The highest BCUT2D eigenvalue weighted by Gasteiger charge is 2.24. The molecule has 0 atom stereocenters. The zero-order valence-corrected chi connectivity index (χ0v) is 8.17. The van der Waals surface area contributed by atoms with Crippen molar-refractivity contribution in [3.8, 4) is 0 Å². The second-order valence-electron chi connectivity index (χ2n) is 3.99. The summed E-state index contributed by atoms with van der Waals surface area (Å²) in [5, 5.41) is 4.24. The first-order valence-corrected chi connectivity index (χ1v) is 5.43. The van der Waals surface area contributed by atoms with E-state index in [9.17, 15) is 4.79 Å². The van der Waals surface area contributed by atoms with Gasteiger partial charge in [0, 0.05) is 26.1 Å². The van der Waals surface area contributed by atoms with Gasteiger partial charge in [-0.15, -0.1) is 0 Å². The Labute approximate surface area is 79.7 Å². The van der Waals surface area contributed by atoms with Gasteiger partial charge in [-0.2, -0.15) is 0 Å². The normalized spacial score (nSPS) is 26.5. The van der Waals surface area contributed by atoms with Gasteiger partial charge in [0.2, 0.25) is 5.91 Å². The van der Waals surface area contributed by atoms with Crippen molar-refractivity contribution < 1.29 is 4.79 Å². The molecule has 2 aliphatic heterocycles. The molecule has 0 aliphatic carbocycles. The van der Waals surface area contributed by atoms with E-state index in [0.29, 0.717) is 5.91 Å². The number of amides is 1. The van der Waals surface area contributed by atoms with E-state index < -0.39 is 0 Å². The molecule has 2 rings (SSSR count). The van der Waals surface area contributed by atoms with Crippen molar-refractivity contribution in [2.75, 3.05) is 19.6 Å². The quantitative estimate of drug-likeness (QED) is 0.612. The Morgan fingerprint density at radius 3 is 2.23 bits per heavy atom. The summed E-state index contributed by atoms with van der Waals surface area (Å²) in [4.78, 5) is 11.6. The first-order chi connectivity index (χ1) is 6.38. The predicted octanol–water partition coefficient (Wildman–Crippen LogP) is 1.40. The third-order valence-electron chi connectivity index (χ3n) is 2.97. The molecule has 3 nitrogen and oxygen atoms in total. The zero-order valence-electron chi connectivity index (χ0n) is 8.17. The summed E-state index contributed by atoms with van der Waals surface area (Å²) in [5.74, 6) is 0.341. The van der Waals surface area contributed by atoms with Gasteiger partial charge in [0.1, 0.15) is 0 Å². The summed E-state index contributed by atoms with van der Waals surface area (Å²) in [5.41, 5.74) is 0. The average molecular weight is 182 g/mol. The number of nitrogens with zero attached hydrogens (tertiary/aromatic N) is 2. The average Bonchev–Trinajstić information content (AvgIpc) is 2.20. The van der Waals surface area contributed by atoms with Gasteiger partial charge >= 0.3 is 0 Å². The van der Waals surface area contributed by atoms with Crippen LogP contribution in [-0.2, 0) is 4.79 Å². The van der Waals surface area contributed by atoms with Gasteiger partial charge < -0.3 is 0 Å². The molecule has 0 bridgehead atoms. The molecule has 0 unspecified atom stereocenters. The standard InChI is InChI=1S/C10H18N2O/c13-10-6-2-5-9-12(10)11-7-3-1-4-8-11/h1-9H2. The minimum atomic E-state index is 0.341. The molecule has 0 aromatic carbocycles. The first-order valence-electron chi connectivity index (χ1n) is 5.43. The molecule has 2 heterocycles. The van der Waals surface area contributed by atoms with Crippen LogP contribution in [-0.4, -0.2) is 35.6 Å². The highest BCUT2D eigenvalue weighted by atomic mass is 16.2. The summed E-state index contributed by atoms with van der Waals surface area (Å²) in [6.07, 6.45) is 6.87. The van der Waals surface area contributed by atoms with Crippen molar-refractivity contribution in [3.63, 3.8) is 0 Å². The molecule has 0 spiro atoms. The summed E-state index contributed by atoms with van der Waals surface area (Å²) in [6, 6.07) is 0. The van der Waals surface area contributed by atoms with Gasteiger partial charge in [0.25, 0.3) is 0 Å². The topological polar surface area (TPSA) is 23.6 Å². The van der Waals surface area contributed by atoms with E-state index in [4.69, 9.17) is 0 Å². The first kappa shape index (κ1) is 9.00. The number of rotatable bonds is 1. The van der Waals surface area contributed by atoms with Crippen LogP contribution in [0.5, 0.6) is 0 Å². The maximum Gasteiger partial charge on any atom is 0.236 e. The Morgan fingerprint density at radius 2 is 1.54 bits per heavy atom. The molecule has 0 radical (unpaired) electrons. The Balaban J connectivity index is 1.92. The van der Waals surface area contributed by atoms with Gasteiger partial charge in [0.15, 0.2) is 0 Å². The summed E-state index contributed by atoms with van der Waals surface area (Å²) in [6.45, 7) is 3.14. The molecule has 3 heteroatoms. The molecule has 2 saturated heterocycles. The van der Waals surface area contributed by atoms with E-state index in [-0.39, 0.29) is 0 Å². The van der Waals surface area contributed by atoms with Gasteiger partial charge in [-0.3, -0.25) is 9.80 Å².